The molecule has 0 aromatic carbocycles. The minimum atomic E-state index is 0. The Morgan fingerprint density at radius 3 is 2.79 bits per heavy atom. The first-order chi connectivity index (χ1) is 6.22. The second-order valence-corrected chi connectivity index (χ2v) is 3.48. The van der Waals surface area contributed by atoms with Crippen LogP contribution in [-0.4, -0.2) is 9.38 Å². The molecular formula is C10H12Cl2N2. The van der Waals surface area contributed by atoms with E-state index in [-0.39, 0.29) is 12.4 Å². The Balaban J connectivity index is 0.000000980. The number of hydrogen-bond acceptors (Lipinski definition) is 1. The Labute approximate surface area is 94.3 Å². The summed E-state index contributed by atoms with van der Waals surface area (Å²) in [6.07, 6.45) is 2.02. The Kier molecular flexibility index (Phi) is 3.40. The minimum Gasteiger partial charge on any atom is -0.303 e. The maximum atomic E-state index is 5.83. The summed E-state index contributed by atoms with van der Waals surface area (Å²) in [7, 11) is 0. The van der Waals surface area contributed by atoms with Crippen LogP contribution in [0.4, 0.5) is 0 Å². The lowest BCUT2D eigenvalue weighted by Crippen LogP contribution is -1.90. The van der Waals surface area contributed by atoms with Crippen molar-refractivity contribution in [3.05, 3.63) is 35.3 Å². The summed E-state index contributed by atoms with van der Waals surface area (Å²) in [6, 6.07) is 4.12. The van der Waals surface area contributed by atoms with Crippen molar-refractivity contribution in [3.63, 3.8) is 0 Å². The fourth-order valence-electron chi connectivity index (χ4n) is 1.48. The summed E-state index contributed by atoms with van der Waals surface area (Å²) in [5.41, 5.74) is 4.30. The number of aromatic nitrogens is 2. The van der Waals surface area contributed by atoms with E-state index in [0.29, 0.717) is 5.88 Å². The van der Waals surface area contributed by atoms with Crippen LogP contribution in [0.2, 0.25) is 0 Å². The largest absolute Gasteiger partial charge is 0.303 e. The SMILES string of the molecule is Cc1ccn2c(CCl)c(C)nc2c1.Cl. The summed E-state index contributed by atoms with van der Waals surface area (Å²) in [6.45, 7) is 4.05. The zero-order chi connectivity index (χ0) is 9.42. The highest BCUT2D eigenvalue weighted by Crippen LogP contribution is 2.14. The van der Waals surface area contributed by atoms with Gasteiger partial charge in [0.05, 0.1) is 17.3 Å². The number of halogens is 2. The topological polar surface area (TPSA) is 17.3 Å². The summed E-state index contributed by atoms with van der Waals surface area (Å²) >= 11 is 5.83. The van der Waals surface area contributed by atoms with Crippen LogP contribution in [0.1, 0.15) is 17.0 Å². The van der Waals surface area contributed by atoms with E-state index in [4.69, 9.17) is 11.6 Å². The molecule has 0 atom stereocenters. The summed E-state index contributed by atoms with van der Waals surface area (Å²) < 4.78 is 2.04. The highest BCUT2D eigenvalue weighted by molar-refractivity contribution is 6.17. The predicted octanol–water partition coefficient (Wildman–Crippen LogP) is 3.11. The molecule has 0 radical (unpaired) electrons. The van der Waals surface area contributed by atoms with E-state index < -0.39 is 0 Å². The van der Waals surface area contributed by atoms with Crippen LogP contribution in [0.5, 0.6) is 0 Å². The number of pyridine rings is 1. The van der Waals surface area contributed by atoms with Crippen LogP contribution < -0.4 is 0 Å². The number of fused-ring (bicyclic) bond motifs is 1. The van der Waals surface area contributed by atoms with Gasteiger partial charge in [-0.25, -0.2) is 4.98 Å². The first kappa shape index (κ1) is 11.3. The molecule has 0 N–H and O–H groups in total. The van der Waals surface area contributed by atoms with Gasteiger partial charge in [0.1, 0.15) is 5.65 Å². The van der Waals surface area contributed by atoms with Crippen LogP contribution >= 0.6 is 24.0 Å². The van der Waals surface area contributed by atoms with E-state index in [9.17, 15) is 0 Å². The molecule has 0 fully saturated rings. The molecule has 14 heavy (non-hydrogen) atoms. The van der Waals surface area contributed by atoms with Gasteiger partial charge in [0, 0.05) is 6.20 Å². The molecule has 2 aromatic heterocycles. The molecule has 2 nitrogen and oxygen atoms in total. The molecule has 2 aromatic rings. The number of rotatable bonds is 1. The van der Waals surface area contributed by atoms with Crippen molar-refractivity contribution in [2.45, 2.75) is 19.7 Å². The molecule has 0 saturated heterocycles. The van der Waals surface area contributed by atoms with Gasteiger partial charge in [0.2, 0.25) is 0 Å². The molecule has 2 rings (SSSR count). The van der Waals surface area contributed by atoms with Crippen LogP contribution in [0.15, 0.2) is 18.3 Å². The van der Waals surface area contributed by atoms with Crippen molar-refractivity contribution in [1.82, 2.24) is 9.38 Å². The van der Waals surface area contributed by atoms with Gasteiger partial charge < -0.3 is 4.40 Å². The normalized spacial score (nSPS) is 10.2. The van der Waals surface area contributed by atoms with Crippen molar-refractivity contribution in [2.24, 2.45) is 0 Å². The molecule has 76 valence electrons. The lowest BCUT2D eigenvalue weighted by molar-refractivity contribution is 1.07. The first-order valence-corrected chi connectivity index (χ1v) is 4.76. The van der Waals surface area contributed by atoms with Gasteiger partial charge in [0.25, 0.3) is 0 Å². The molecule has 0 bridgehead atoms. The van der Waals surface area contributed by atoms with Crippen molar-refractivity contribution >= 4 is 29.7 Å². The van der Waals surface area contributed by atoms with E-state index in [0.717, 1.165) is 17.0 Å². The molecule has 0 unspecified atom stereocenters. The number of alkyl halides is 1. The predicted molar refractivity (Wildman–Crippen MR) is 61.5 cm³/mol. The zero-order valence-corrected chi connectivity index (χ0v) is 9.69. The maximum absolute atomic E-state index is 5.83. The van der Waals surface area contributed by atoms with E-state index >= 15 is 0 Å². The van der Waals surface area contributed by atoms with Crippen LogP contribution in [-0.2, 0) is 5.88 Å². The molecule has 0 saturated carbocycles. The molecule has 2 heterocycles. The second-order valence-electron chi connectivity index (χ2n) is 3.21. The van der Waals surface area contributed by atoms with E-state index in [1.54, 1.807) is 0 Å². The summed E-state index contributed by atoms with van der Waals surface area (Å²) in [5, 5.41) is 0. The van der Waals surface area contributed by atoms with E-state index in [1.807, 2.05) is 17.5 Å². The average molecular weight is 231 g/mol. The minimum absolute atomic E-state index is 0. The molecule has 0 spiro atoms. The maximum Gasteiger partial charge on any atom is 0.137 e. The van der Waals surface area contributed by atoms with Crippen LogP contribution in [0.25, 0.3) is 5.65 Å². The fourth-order valence-corrected chi connectivity index (χ4v) is 1.80. The zero-order valence-electron chi connectivity index (χ0n) is 8.12. The molecule has 0 aliphatic carbocycles. The summed E-state index contributed by atoms with van der Waals surface area (Å²) in [5.74, 6) is 0.510. The van der Waals surface area contributed by atoms with Crippen molar-refractivity contribution in [1.29, 1.82) is 0 Å². The van der Waals surface area contributed by atoms with E-state index in [2.05, 4.69) is 24.0 Å². The van der Waals surface area contributed by atoms with E-state index in [1.165, 1.54) is 5.56 Å². The van der Waals surface area contributed by atoms with Gasteiger partial charge >= 0.3 is 0 Å². The third kappa shape index (κ3) is 1.72. The van der Waals surface area contributed by atoms with Gasteiger partial charge in [-0.05, 0) is 31.5 Å². The Morgan fingerprint density at radius 1 is 1.43 bits per heavy atom. The van der Waals surface area contributed by atoms with Crippen molar-refractivity contribution in [3.8, 4) is 0 Å². The Hall–Kier alpha value is -0.730. The Morgan fingerprint density at radius 2 is 2.14 bits per heavy atom. The van der Waals surface area contributed by atoms with Gasteiger partial charge in [-0.2, -0.15) is 0 Å². The quantitative estimate of drug-likeness (QED) is 0.689. The fraction of sp³-hybridized carbons (Fsp3) is 0.300. The first-order valence-electron chi connectivity index (χ1n) is 4.22. The van der Waals surface area contributed by atoms with Gasteiger partial charge in [-0.3, -0.25) is 0 Å². The standard InChI is InChI=1S/C10H11ClN2.ClH/c1-7-3-4-13-9(6-11)8(2)12-10(13)5-7;/h3-5H,6H2,1-2H3;1H. The van der Waals surface area contributed by atoms with Crippen molar-refractivity contribution < 1.29 is 0 Å². The number of nitrogens with zero attached hydrogens (tertiary/aromatic N) is 2. The highest BCUT2D eigenvalue weighted by atomic mass is 35.5. The lowest BCUT2D eigenvalue weighted by Gasteiger charge is -1.98. The average Bonchev–Trinajstić information content (AvgIpc) is 2.39. The smallest absolute Gasteiger partial charge is 0.137 e. The molecule has 0 aliphatic rings. The molecular weight excluding hydrogens is 219 g/mol. The van der Waals surface area contributed by atoms with Crippen LogP contribution in [0, 0.1) is 13.8 Å². The number of imidazole rings is 1. The number of hydrogen-bond donors (Lipinski definition) is 0. The third-order valence-corrected chi connectivity index (χ3v) is 2.46. The van der Waals surface area contributed by atoms with Gasteiger partial charge in [0.15, 0.2) is 0 Å². The van der Waals surface area contributed by atoms with Crippen molar-refractivity contribution in [2.75, 3.05) is 0 Å². The molecule has 0 aliphatic heterocycles. The molecule has 4 heteroatoms. The summed E-state index contributed by atoms with van der Waals surface area (Å²) in [4.78, 5) is 4.42. The van der Waals surface area contributed by atoms with Gasteiger partial charge in [-0.15, -0.1) is 24.0 Å². The molecule has 0 amide bonds. The number of aryl methyl sites for hydroxylation is 2. The third-order valence-electron chi connectivity index (χ3n) is 2.21. The monoisotopic (exact) mass is 230 g/mol. The van der Waals surface area contributed by atoms with Gasteiger partial charge in [-0.1, -0.05) is 0 Å². The second kappa shape index (κ2) is 4.20. The van der Waals surface area contributed by atoms with Crippen LogP contribution in [0.3, 0.4) is 0 Å². The highest BCUT2D eigenvalue weighted by Gasteiger charge is 2.06. The lowest BCUT2D eigenvalue weighted by atomic mass is 10.3. The Bertz CT molecular complexity index is 449.